The van der Waals surface area contributed by atoms with Crippen molar-refractivity contribution in [3.8, 4) is 0 Å². The highest BCUT2D eigenvalue weighted by Gasteiger charge is 2.31. The summed E-state index contributed by atoms with van der Waals surface area (Å²) >= 11 is 1.85. The van der Waals surface area contributed by atoms with Gasteiger partial charge in [-0.3, -0.25) is 4.99 Å². The normalized spacial score (nSPS) is 25.9. The van der Waals surface area contributed by atoms with E-state index < -0.39 is 0 Å². The van der Waals surface area contributed by atoms with Crippen molar-refractivity contribution in [2.45, 2.75) is 30.6 Å². The van der Waals surface area contributed by atoms with Crippen LogP contribution < -0.4 is 5.32 Å². The van der Waals surface area contributed by atoms with E-state index in [1.54, 1.807) is 0 Å². The molecule has 1 fully saturated rings. The molecule has 1 aromatic carbocycles. The first-order valence-electron chi connectivity index (χ1n) is 6.87. The lowest BCUT2D eigenvalue weighted by Gasteiger charge is -2.35. The van der Waals surface area contributed by atoms with Gasteiger partial charge in [-0.1, -0.05) is 42.1 Å². The molecule has 2 aliphatic rings. The molecule has 0 aliphatic carbocycles. The van der Waals surface area contributed by atoms with Gasteiger partial charge in [0.25, 0.3) is 0 Å². The van der Waals surface area contributed by atoms with E-state index in [1.807, 2.05) is 11.8 Å². The Hall–Kier alpha value is -1.00. The standard InChI is InChI=1S/C15H20N2OS/c1-15(7-9-18-10-8-15)17-14-16-11-13(19-14)12-5-3-2-4-6-12/h2-6,13H,7-11H2,1H3,(H,16,17). The summed E-state index contributed by atoms with van der Waals surface area (Å²) in [6, 6.07) is 10.6. The fourth-order valence-corrected chi connectivity index (χ4v) is 3.66. The SMILES string of the molecule is CC1(NC2=NCC(c3ccccc3)S2)CCOCC1. The number of hydrogen-bond acceptors (Lipinski definition) is 4. The van der Waals surface area contributed by atoms with Crippen molar-refractivity contribution in [1.82, 2.24) is 5.32 Å². The van der Waals surface area contributed by atoms with Crippen LogP contribution in [0.2, 0.25) is 0 Å². The molecule has 0 saturated carbocycles. The lowest BCUT2D eigenvalue weighted by Crippen LogP contribution is -2.48. The van der Waals surface area contributed by atoms with Gasteiger partial charge >= 0.3 is 0 Å². The molecule has 4 heteroatoms. The molecule has 1 N–H and O–H groups in total. The predicted octanol–water partition coefficient (Wildman–Crippen LogP) is 2.99. The van der Waals surface area contributed by atoms with E-state index in [0.717, 1.165) is 37.8 Å². The second-order valence-electron chi connectivity index (χ2n) is 5.46. The summed E-state index contributed by atoms with van der Waals surface area (Å²) in [6.07, 6.45) is 2.12. The Labute approximate surface area is 118 Å². The van der Waals surface area contributed by atoms with Crippen molar-refractivity contribution in [2.75, 3.05) is 19.8 Å². The van der Waals surface area contributed by atoms with Crippen LogP contribution in [0.4, 0.5) is 0 Å². The topological polar surface area (TPSA) is 33.6 Å². The first kappa shape index (κ1) is 13.0. The number of aliphatic imine (C=N–C) groups is 1. The molecular weight excluding hydrogens is 256 g/mol. The molecule has 1 unspecified atom stereocenters. The van der Waals surface area contributed by atoms with Crippen LogP contribution in [0.3, 0.4) is 0 Å². The number of ether oxygens (including phenoxy) is 1. The smallest absolute Gasteiger partial charge is 0.157 e. The zero-order valence-electron chi connectivity index (χ0n) is 11.3. The van der Waals surface area contributed by atoms with Crippen molar-refractivity contribution in [2.24, 2.45) is 4.99 Å². The molecule has 1 aromatic rings. The van der Waals surface area contributed by atoms with E-state index in [-0.39, 0.29) is 5.54 Å². The maximum Gasteiger partial charge on any atom is 0.157 e. The zero-order chi connectivity index (χ0) is 13.1. The van der Waals surface area contributed by atoms with Crippen molar-refractivity contribution in [3.63, 3.8) is 0 Å². The fourth-order valence-electron chi connectivity index (χ4n) is 2.49. The predicted molar refractivity (Wildman–Crippen MR) is 80.7 cm³/mol. The van der Waals surface area contributed by atoms with Crippen molar-refractivity contribution >= 4 is 16.9 Å². The van der Waals surface area contributed by atoms with Crippen molar-refractivity contribution in [3.05, 3.63) is 35.9 Å². The Kier molecular flexibility index (Phi) is 3.80. The zero-order valence-corrected chi connectivity index (χ0v) is 12.1. The molecule has 1 saturated heterocycles. The van der Waals surface area contributed by atoms with E-state index in [2.05, 4.69) is 47.6 Å². The third kappa shape index (κ3) is 3.12. The van der Waals surface area contributed by atoms with E-state index >= 15 is 0 Å². The molecule has 2 heterocycles. The molecule has 1 atom stereocenters. The average molecular weight is 276 g/mol. The monoisotopic (exact) mass is 276 g/mol. The first-order chi connectivity index (χ1) is 9.25. The summed E-state index contributed by atoms with van der Waals surface area (Å²) in [5, 5.41) is 5.19. The van der Waals surface area contributed by atoms with Gasteiger partial charge in [-0.2, -0.15) is 0 Å². The highest BCUT2D eigenvalue weighted by atomic mass is 32.2. The Balaban J connectivity index is 1.60. The first-order valence-corrected chi connectivity index (χ1v) is 7.75. The van der Waals surface area contributed by atoms with E-state index in [0.29, 0.717) is 5.25 Å². The summed E-state index contributed by atoms with van der Waals surface area (Å²) in [6.45, 7) is 4.85. The summed E-state index contributed by atoms with van der Waals surface area (Å²) < 4.78 is 5.43. The second-order valence-corrected chi connectivity index (χ2v) is 6.65. The highest BCUT2D eigenvalue weighted by Crippen LogP contribution is 2.35. The van der Waals surface area contributed by atoms with Gasteiger partial charge in [0, 0.05) is 18.8 Å². The lowest BCUT2D eigenvalue weighted by atomic mass is 9.93. The quantitative estimate of drug-likeness (QED) is 0.901. The van der Waals surface area contributed by atoms with Gasteiger partial charge in [-0.15, -0.1) is 0 Å². The van der Waals surface area contributed by atoms with Gasteiger partial charge < -0.3 is 10.1 Å². The molecule has 2 aliphatic heterocycles. The van der Waals surface area contributed by atoms with Crippen LogP contribution >= 0.6 is 11.8 Å². The number of nitrogens with one attached hydrogen (secondary N) is 1. The maximum absolute atomic E-state index is 5.43. The molecular formula is C15H20N2OS. The van der Waals surface area contributed by atoms with Gasteiger partial charge in [0.2, 0.25) is 0 Å². The molecule has 0 aromatic heterocycles. The largest absolute Gasteiger partial charge is 0.381 e. The minimum absolute atomic E-state index is 0.148. The third-order valence-electron chi connectivity index (χ3n) is 3.83. The Bertz CT molecular complexity index is 454. The molecule has 0 amide bonds. The number of amidine groups is 1. The minimum atomic E-state index is 0.148. The maximum atomic E-state index is 5.43. The number of hydrogen-bond donors (Lipinski definition) is 1. The molecule has 3 rings (SSSR count). The van der Waals surface area contributed by atoms with E-state index in [1.165, 1.54) is 5.56 Å². The van der Waals surface area contributed by atoms with Crippen LogP contribution in [0, 0.1) is 0 Å². The minimum Gasteiger partial charge on any atom is -0.381 e. The van der Waals surface area contributed by atoms with Crippen LogP contribution in [0.5, 0.6) is 0 Å². The molecule has 19 heavy (non-hydrogen) atoms. The van der Waals surface area contributed by atoms with Crippen molar-refractivity contribution < 1.29 is 4.74 Å². The molecule has 0 bridgehead atoms. The molecule has 3 nitrogen and oxygen atoms in total. The van der Waals surface area contributed by atoms with Crippen LogP contribution in [0.15, 0.2) is 35.3 Å². The van der Waals surface area contributed by atoms with E-state index in [4.69, 9.17) is 4.74 Å². The van der Waals surface area contributed by atoms with Gasteiger partial charge in [0.05, 0.1) is 11.8 Å². The molecule has 0 radical (unpaired) electrons. The van der Waals surface area contributed by atoms with Gasteiger partial charge in [-0.25, -0.2) is 0 Å². The molecule has 102 valence electrons. The van der Waals surface area contributed by atoms with Crippen LogP contribution in [0.1, 0.15) is 30.6 Å². The Morgan fingerprint density at radius 1 is 1.26 bits per heavy atom. The van der Waals surface area contributed by atoms with Gasteiger partial charge in [0.15, 0.2) is 5.17 Å². The lowest BCUT2D eigenvalue weighted by molar-refractivity contribution is 0.0528. The van der Waals surface area contributed by atoms with Crippen molar-refractivity contribution in [1.29, 1.82) is 0 Å². The summed E-state index contributed by atoms with van der Waals surface area (Å²) in [5.41, 5.74) is 1.51. The Morgan fingerprint density at radius 2 is 2.00 bits per heavy atom. The summed E-state index contributed by atoms with van der Waals surface area (Å²) in [7, 11) is 0. The Morgan fingerprint density at radius 3 is 2.74 bits per heavy atom. The summed E-state index contributed by atoms with van der Waals surface area (Å²) in [5.74, 6) is 0. The van der Waals surface area contributed by atoms with Crippen LogP contribution in [-0.2, 0) is 4.74 Å². The third-order valence-corrected chi connectivity index (χ3v) is 4.99. The number of benzene rings is 1. The van der Waals surface area contributed by atoms with Gasteiger partial charge in [-0.05, 0) is 25.3 Å². The number of thioether (sulfide) groups is 1. The van der Waals surface area contributed by atoms with Crippen LogP contribution in [0.25, 0.3) is 0 Å². The van der Waals surface area contributed by atoms with Crippen LogP contribution in [-0.4, -0.2) is 30.5 Å². The molecule has 0 spiro atoms. The number of rotatable bonds is 2. The van der Waals surface area contributed by atoms with E-state index in [9.17, 15) is 0 Å². The summed E-state index contributed by atoms with van der Waals surface area (Å²) in [4.78, 5) is 4.66. The fraction of sp³-hybridized carbons (Fsp3) is 0.533. The highest BCUT2D eigenvalue weighted by molar-refractivity contribution is 8.14. The number of nitrogens with zero attached hydrogens (tertiary/aromatic N) is 1. The second kappa shape index (κ2) is 5.55. The average Bonchev–Trinajstić information content (AvgIpc) is 2.88. The van der Waals surface area contributed by atoms with Gasteiger partial charge in [0.1, 0.15) is 0 Å².